The third kappa shape index (κ3) is 1.52. The standard InChI is InChI=1S/C9H12N2OS/c1-11-8(6-13-10)7-4-2-3-5-9(7)12-11/h2-5,8H,6,10H2,1H3. The van der Waals surface area contributed by atoms with Crippen LogP contribution in [0.1, 0.15) is 11.6 Å². The molecule has 1 atom stereocenters. The van der Waals surface area contributed by atoms with Crippen LogP contribution in [-0.2, 0) is 0 Å². The first-order valence-corrected chi connectivity index (χ1v) is 5.19. The van der Waals surface area contributed by atoms with Gasteiger partial charge in [0.1, 0.15) is 0 Å². The Bertz CT molecular complexity index is 305. The summed E-state index contributed by atoms with van der Waals surface area (Å²) in [5, 5.41) is 7.31. The lowest BCUT2D eigenvalue weighted by Crippen LogP contribution is -2.23. The van der Waals surface area contributed by atoms with Crippen LogP contribution in [0.25, 0.3) is 0 Å². The van der Waals surface area contributed by atoms with Gasteiger partial charge in [-0.1, -0.05) is 30.1 Å². The summed E-state index contributed by atoms with van der Waals surface area (Å²) in [6.07, 6.45) is 0. The van der Waals surface area contributed by atoms with Gasteiger partial charge < -0.3 is 4.84 Å². The van der Waals surface area contributed by atoms with E-state index in [0.717, 1.165) is 11.5 Å². The molecule has 3 nitrogen and oxygen atoms in total. The molecule has 0 radical (unpaired) electrons. The average Bonchev–Trinajstić information content (AvgIpc) is 2.44. The number of hydrogen-bond acceptors (Lipinski definition) is 4. The molecule has 1 aliphatic rings. The van der Waals surface area contributed by atoms with Crippen LogP contribution in [0.2, 0.25) is 0 Å². The molecular formula is C9H12N2OS. The first-order valence-electron chi connectivity index (χ1n) is 4.14. The predicted octanol–water partition coefficient (Wildman–Crippen LogP) is 1.57. The molecule has 0 spiro atoms. The molecule has 1 aromatic carbocycles. The minimum Gasteiger partial charge on any atom is -0.405 e. The fourth-order valence-electron chi connectivity index (χ4n) is 1.54. The van der Waals surface area contributed by atoms with Gasteiger partial charge in [0.05, 0.1) is 6.04 Å². The van der Waals surface area contributed by atoms with E-state index in [1.165, 1.54) is 17.5 Å². The summed E-state index contributed by atoms with van der Waals surface area (Å²) < 4.78 is 0. The largest absolute Gasteiger partial charge is 0.405 e. The molecule has 2 rings (SSSR count). The molecular weight excluding hydrogens is 184 g/mol. The second-order valence-electron chi connectivity index (χ2n) is 3.02. The maximum atomic E-state index is 5.54. The highest BCUT2D eigenvalue weighted by molar-refractivity contribution is 7.97. The van der Waals surface area contributed by atoms with Crippen molar-refractivity contribution in [2.45, 2.75) is 6.04 Å². The van der Waals surface area contributed by atoms with Gasteiger partial charge in [-0.3, -0.25) is 5.14 Å². The third-order valence-corrected chi connectivity index (χ3v) is 2.72. The van der Waals surface area contributed by atoms with E-state index in [1.807, 2.05) is 30.3 Å². The second-order valence-corrected chi connectivity index (χ2v) is 3.69. The fourth-order valence-corrected chi connectivity index (χ4v) is 2.11. The van der Waals surface area contributed by atoms with Crippen molar-refractivity contribution in [1.82, 2.24) is 5.06 Å². The SMILES string of the molecule is CN1Oc2ccccc2C1CSN. The normalized spacial score (nSPS) is 21.2. The molecule has 1 heterocycles. The van der Waals surface area contributed by atoms with Crippen molar-refractivity contribution in [2.24, 2.45) is 5.14 Å². The molecule has 70 valence electrons. The quantitative estimate of drug-likeness (QED) is 0.729. The maximum Gasteiger partial charge on any atom is 0.152 e. The van der Waals surface area contributed by atoms with Gasteiger partial charge in [0.15, 0.2) is 5.75 Å². The lowest BCUT2D eigenvalue weighted by atomic mass is 10.1. The highest BCUT2D eigenvalue weighted by Gasteiger charge is 2.28. The van der Waals surface area contributed by atoms with Crippen molar-refractivity contribution in [3.8, 4) is 5.75 Å². The summed E-state index contributed by atoms with van der Waals surface area (Å²) in [6.45, 7) is 0. The van der Waals surface area contributed by atoms with Crippen molar-refractivity contribution in [1.29, 1.82) is 0 Å². The zero-order valence-electron chi connectivity index (χ0n) is 7.43. The molecule has 0 saturated heterocycles. The van der Waals surface area contributed by atoms with E-state index >= 15 is 0 Å². The topological polar surface area (TPSA) is 38.5 Å². The van der Waals surface area contributed by atoms with Crippen molar-refractivity contribution < 1.29 is 4.84 Å². The van der Waals surface area contributed by atoms with Crippen LogP contribution < -0.4 is 9.98 Å². The molecule has 2 N–H and O–H groups in total. The molecule has 0 saturated carbocycles. The lowest BCUT2D eigenvalue weighted by Gasteiger charge is -2.15. The molecule has 13 heavy (non-hydrogen) atoms. The minimum atomic E-state index is 0.284. The molecule has 1 unspecified atom stereocenters. The van der Waals surface area contributed by atoms with Gasteiger partial charge >= 0.3 is 0 Å². The Morgan fingerprint density at radius 2 is 2.31 bits per heavy atom. The van der Waals surface area contributed by atoms with Gasteiger partial charge in [-0.15, -0.1) is 5.06 Å². The van der Waals surface area contributed by atoms with Gasteiger partial charge in [0, 0.05) is 18.4 Å². The molecule has 1 aromatic rings. The number of hydrogen-bond donors (Lipinski definition) is 1. The summed E-state index contributed by atoms with van der Waals surface area (Å²) in [7, 11) is 1.93. The van der Waals surface area contributed by atoms with Crippen LogP contribution in [0.4, 0.5) is 0 Å². The van der Waals surface area contributed by atoms with Gasteiger partial charge in [-0.25, -0.2) is 0 Å². The predicted molar refractivity (Wildman–Crippen MR) is 54.2 cm³/mol. The fraction of sp³-hybridized carbons (Fsp3) is 0.333. The van der Waals surface area contributed by atoms with Crippen LogP contribution >= 0.6 is 11.9 Å². The number of para-hydroxylation sites is 1. The smallest absolute Gasteiger partial charge is 0.152 e. The Morgan fingerprint density at radius 3 is 3.08 bits per heavy atom. The Morgan fingerprint density at radius 1 is 1.54 bits per heavy atom. The highest BCUT2D eigenvalue weighted by Crippen LogP contribution is 2.36. The molecule has 0 amide bonds. The first kappa shape index (κ1) is 8.87. The van der Waals surface area contributed by atoms with Crippen LogP contribution in [0.15, 0.2) is 24.3 Å². The number of hydroxylamine groups is 2. The number of nitrogens with zero attached hydrogens (tertiary/aromatic N) is 1. The van der Waals surface area contributed by atoms with Gasteiger partial charge in [0.25, 0.3) is 0 Å². The number of rotatable bonds is 2. The minimum absolute atomic E-state index is 0.284. The molecule has 0 aliphatic carbocycles. The average molecular weight is 196 g/mol. The van der Waals surface area contributed by atoms with Crippen molar-refractivity contribution >= 4 is 11.9 Å². The number of nitrogens with two attached hydrogens (primary N) is 1. The summed E-state index contributed by atoms with van der Waals surface area (Å²) >= 11 is 1.34. The van der Waals surface area contributed by atoms with Crippen molar-refractivity contribution in [3.05, 3.63) is 29.8 Å². The second kappa shape index (κ2) is 3.57. The zero-order chi connectivity index (χ0) is 9.26. The summed E-state index contributed by atoms with van der Waals surface area (Å²) in [5.41, 5.74) is 1.22. The molecule has 0 fully saturated rings. The summed E-state index contributed by atoms with van der Waals surface area (Å²) in [5.74, 6) is 1.80. The van der Waals surface area contributed by atoms with E-state index in [0.29, 0.717) is 0 Å². The molecule has 4 heteroatoms. The van der Waals surface area contributed by atoms with Crippen LogP contribution in [-0.4, -0.2) is 17.9 Å². The third-order valence-electron chi connectivity index (χ3n) is 2.21. The van der Waals surface area contributed by atoms with Crippen LogP contribution in [0, 0.1) is 0 Å². The van der Waals surface area contributed by atoms with E-state index in [4.69, 9.17) is 9.98 Å². The Labute approximate surface area is 81.9 Å². The molecule has 1 aliphatic heterocycles. The number of fused-ring (bicyclic) bond motifs is 1. The number of benzene rings is 1. The van der Waals surface area contributed by atoms with E-state index in [2.05, 4.69) is 6.07 Å². The zero-order valence-corrected chi connectivity index (χ0v) is 8.25. The lowest BCUT2D eigenvalue weighted by molar-refractivity contribution is -0.0365. The highest BCUT2D eigenvalue weighted by atomic mass is 32.2. The maximum absolute atomic E-state index is 5.54. The Balaban J connectivity index is 2.29. The van der Waals surface area contributed by atoms with Gasteiger partial charge in [-0.2, -0.15) is 0 Å². The monoisotopic (exact) mass is 196 g/mol. The van der Waals surface area contributed by atoms with Crippen LogP contribution in [0.5, 0.6) is 5.75 Å². The van der Waals surface area contributed by atoms with Crippen molar-refractivity contribution in [3.63, 3.8) is 0 Å². The van der Waals surface area contributed by atoms with Gasteiger partial charge in [0.2, 0.25) is 0 Å². The first-order chi connectivity index (χ1) is 6.33. The Hall–Kier alpha value is -0.710. The van der Waals surface area contributed by atoms with E-state index in [1.54, 1.807) is 0 Å². The summed E-state index contributed by atoms with van der Waals surface area (Å²) in [4.78, 5) is 5.54. The van der Waals surface area contributed by atoms with Crippen molar-refractivity contribution in [2.75, 3.05) is 12.8 Å². The van der Waals surface area contributed by atoms with E-state index < -0.39 is 0 Å². The van der Waals surface area contributed by atoms with Crippen LogP contribution in [0.3, 0.4) is 0 Å². The molecule has 0 aromatic heterocycles. The summed E-state index contributed by atoms with van der Waals surface area (Å²) in [6, 6.07) is 8.35. The van der Waals surface area contributed by atoms with E-state index in [-0.39, 0.29) is 6.04 Å². The molecule has 0 bridgehead atoms. The Kier molecular flexibility index (Phi) is 2.44. The van der Waals surface area contributed by atoms with E-state index in [9.17, 15) is 0 Å². The van der Waals surface area contributed by atoms with Gasteiger partial charge in [-0.05, 0) is 6.07 Å².